The largest absolute Gasteiger partial charge is 0.339 e. The SMILES string of the molecule is C1CCC(c2noc([C@@H]3CCNC3)n2)CC1.Cl. The zero-order valence-electron chi connectivity index (χ0n) is 10.0. The Hall–Kier alpha value is -0.610. The molecule has 0 aromatic carbocycles. The van der Waals surface area contributed by atoms with Crippen LogP contribution in [0.3, 0.4) is 0 Å². The van der Waals surface area contributed by atoms with Gasteiger partial charge >= 0.3 is 0 Å². The molecule has 1 atom stereocenters. The Morgan fingerprint density at radius 3 is 2.59 bits per heavy atom. The number of nitrogens with zero attached hydrogens (tertiary/aromatic N) is 2. The van der Waals surface area contributed by atoms with Crippen LogP contribution in [0, 0.1) is 0 Å². The fraction of sp³-hybridized carbons (Fsp3) is 0.833. The molecule has 1 aliphatic carbocycles. The third kappa shape index (κ3) is 2.80. The lowest BCUT2D eigenvalue weighted by Crippen LogP contribution is -2.09. The first kappa shape index (κ1) is 12.8. The quantitative estimate of drug-likeness (QED) is 0.885. The molecule has 0 unspecified atom stereocenters. The molecule has 1 aromatic heterocycles. The number of nitrogens with one attached hydrogen (secondary N) is 1. The van der Waals surface area contributed by atoms with Gasteiger partial charge < -0.3 is 9.84 Å². The van der Waals surface area contributed by atoms with Crippen molar-refractivity contribution >= 4 is 12.4 Å². The molecule has 0 spiro atoms. The summed E-state index contributed by atoms with van der Waals surface area (Å²) in [5.74, 6) is 2.82. The van der Waals surface area contributed by atoms with Crippen LogP contribution in [0.25, 0.3) is 0 Å². The summed E-state index contributed by atoms with van der Waals surface area (Å²) in [6.07, 6.45) is 7.61. The molecule has 4 nitrogen and oxygen atoms in total. The minimum atomic E-state index is 0. The molecule has 1 aliphatic heterocycles. The Morgan fingerprint density at radius 2 is 1.88 bits per heavy atom. The molecule has 0 radical (unpaired) electrons. The van der Waals surface area contributed by atoms with Crippen LogP contribution in [0.5, 0.6) is 0 Å². The van der Waals surface area contributed by atoms with E-state index in [-0.39, 0.29) is 12.4 Å². The van der Waals surface area contributed by atoms with Crippen molar-refractivity contribution < 1.29 is 4.52 Å². The van der Waals surface area contributed by atoms with E-state index in [1.807, 2.05) is 0 Å². The van der Waals surface area contributed by atoms with Gasteiger partial charge in [-0.2, -0.15) is 4.98 Å². The zero-order chi connectivity index (χ0) is 10.8. The zero-order valence-corrected chi connectivity index (χ0v) is 10.8. The topological polar surface area (TPSA) is 51.0 Å². The summed E-state index contributed by atoms with van der Waals surface area (Å²) in [7, 11) is 0. The average molecular weight is 258 g/mol. The Morgan fingerprint density at radius 1 is 1.06 bits per heavy atom. The summed E-state index contributed by atoms with van der Waals surface area (Å²) >= 11 is 0. The average Bonchev–Trinajstić information content (AvgIpc) is 3.01. The highest BCUT2D eigenvalue weighted by molar-refractivity contribution is 5.85. The number of halogens is 1. The van der Waals surface area contributed by atoms with E-state index < -0.39 is 0 Å². The fourth-order valence-electron chi connectivity index (χ4n) is 2.81. The standard InChI is InChI=1S/C12H19N3O.ClH/c1-2-4-9(5-3-1)11-14-12(16-15-11)10-6-7-13-8-10;/h9-10,13H,1-8H2;1H/t10-;/m1./s1. The van der Waals surface area contributed by atoms with Crippen LogP contribution in [0.2, 0.25) is 0 Å². The van der Waals surface area contributed by atoms with E-state index in [0.29, 0.717) is 11.8 Å². The third-order valence-electron chi connectivity index (χ3n) is 3.84. The first-order valence-electron chi connectivity index (χ1n) is 6.47. The number of aromatic nitrogens is 2. The van der Waals surface area contributed by atoms with Crippen molar-refractivity contribution in [3.8, 4) is 0 Å². The van der Waals surface area contributed by atoms with E-state index in [9.17, 15) is 0 Å². The normalized spacial score (nSPS) is 25.8. The van der Waals surface area contributed by atoms with E-state index in [2.05, 4.69) is 15.5 Å². The van der Waals surface area contributed by atoms with Crippen molar-refractivity contribution in [3.05, 3.63) is 11.7 Å². The molecule has 17 heavy (non-hydrogen) atoms. The molecule has 0 amide bonds. The van der Waals surface area contributed by atoms with Crippen LogP contribution >= 0.6 is 12.4 Å². The first-order valence-corrected chi connectivity index (χ1v) is 6.47. The second kappa shape index (κ2) is 5.83. The molecule has 1 saturated carbocycles. The molecule has 5 heteroatoms. The van der Waals surface area contributed by atoms with Gasteiger partial charge in [0.2, 0.25) is 5.89 Å². The lowest BCUT2D eigenvalue weighted by molar-refractivity contribution is 0.344. The maximum Gasteiger partial charge on any atom is 0.231 e. The second-order valence-electron chi connectivity index (χ2n) is 5.02. The van der Waals surface area contributed by atoms with Crippen LogP contribution < -0.4 is 5.32 Å². The van der Waals surface area contributed by atoms with E-state index in [1.165, 1.54) is 32.1 Å². The summed E-state index contributed by atoms with van der Waals surface area (Å²) in [6, 6.07) is 0. The minimum Gasteiger partial charge on any atom is -0.339 e. The summed E-state index contributed by atoms with van der Waals surface area (Å²) in [6.45, 7) is 2.07. The van der Waals surface area contributed by atoms with Gasteiger partial charge in [0.1, 0.15) is 0 Å². The van der Waals surface area contributed by atoms with E-state index in [4.69, 9.17) is 4.52 Å². The maximum absolute atomic E-state index is 5.40. The van der Waals surface area contributed by atoms with Gasteiger partial charge in [-0.05, 0) is 25.8 Å². The smallest absolute Gasteiger partial charge is 0.231 e. The highest BCUT2D eigenvalue weighted by Crippen LogP contribution is 2.32. The Labute approximate surface area is 108 Å². The predicted molar refractivity (Wildman–Crippen MR) is 67.6 cm³/mol. The molecule has 2 fully saturated rings. The van der Waals surface area contributed by atoms with E-state index in [1.54, 1.807) is 0 Å². The number of hydrogen-bond donors (Lipinski definition) is 1. The van der Waals surface area contributed by atoms with Crippen molar-refractivity contribution in [3.63, 3.8) is 0 Å². The maximum atomic E-state index is 5.40. The van der Waals surface area contributed by atoms with Gasteiger partial charge in [-0.1, -0.05) is 24.4 Å². The van der Waals surface area contributed by atoms with Crippen molar-refractivity contribution in [1.82, 2.24) is 15.5 Å². The Bertz CT molecular complexity index is 343. The molecule has 1 aromatic rings. The van der Waals surface area contributed by atoms with Gasteiger partial charge in [0.05, 0.1) is 5.92 Å². The summed E-state index contributed by atoms with van der Waals surface area (Å²) < 4.78 is 5.40. The molecule has 2 heterocycles. The number of rotatable bonds is 2. The Balaban J connectivity index is 0.00000108. The molecular formula is C12H20ClN3O. The van der Waals surface area contributed by atoms with Crippen LogP contribution in [0.15, 0.2) is 4.52 Å². The molecule has 1 N–H and O–H groups in total. The van der Waals surface area contributed by atoms with Gasteiger partial charge in [0, 0.05) is 12.5 Å². The van der Waals surface area contributed by atoms with Crippen LogP contribution in [-0.4, -0.2) is 23.2 Å². The lowest BCUT2D eigenvalue weighted by Gasteiger charge is -2.17. The van der Waals surface area contributed by atoms with Crippen LogP contribution in [0.4, 0.5) is 0 Å². The van der Waals surface area contributed by atoms with Gasteiger partial charge in [-0.15, -0.1) is 12.4 Å². The highest BCUT2D eigenvalue weighted by atomic mass is 35.5. The molecular weight excluding hydrogens is 238 g/mol. The van der Waals surface area contributed by atoms with E-state index >= 15 is 0 Å². The van der Waals surface area contributed by atoms with Crippen LogP contribution in [-0.2, 0) is 0 Å². The van der Waals surface area contributed by atoms with Crippen molar-refractivity contribution in [1.29, 1.82) is 0 Å². The summed E-state index contributed by atoms with van der Waals surface area (Å²) in [5, 5.41) is 7.50. The second-order valence-corrected chi connectivity index (χ2v) is 5.02. The monoisotopic (exact) mass is 257 g/mol. The number of hydrogen-bond acceptors (Lipinski definition) is 4. The summed E-state index contributed by atoms with van der Waals surface area (Å²) in [4.78, 5) is 4.60. The molecule has 1 saturated heterocycles. The van der Waals surface area contributed by atoms with Gasteiger partial charge in [0.15, 0.2) is 5.82 Å². The molecule has 2 aliphatic rings. The highest BCUT2D eigenvalue weighted by Gasteiger charge is 2.26. The minimum absolute atomic E-state index is 0. The fourth-order valence-corrected chi connectivity index (χ4v) is 2.81. The van der Waals surface area contributed by atoms with Crippen molar-refractivity contribution in [2.24, 2.45) is 0 Å². The molecule has 3 rings (SSSR count). The first-order chi connectivity index (χ1) is 7.93. The van der Waals surface area contributed by atoms with Gasteiger partial charge in [-0.3, -0.25) is 0 Å². The van der Waals surface area contributed by atoms with Crippen LogP contribution in [0.1, 0.15) is 62.1 Å². The van der Waals surface area contributed by atoms with Gasteiger partial charge in [0.25, 0.3) is 0 Å². The Kier molecular flexibility index (Phi) is 4.40. The lowest BCUT2D eigenvalue weighted by atomic mass is 9.89. The molecule has 96 valence electrons. The third-order valence-corrected chi connectivity index (χ3v) is 3.84. The van der Waals surface area contributed by atoms with E-state index in [0.717, 1.165) is 31.2 Å². The van der Waals surface area contributed by atoms with Gasteiger partial charge in [-0.25, -0.2) is 0 Å². The van der Waals surface area contributed by atoms with Crippen molar-refractivity contribution in [2.75, 3.05) is 13.1 Å². The summed E-state index contributed by atoms with van der Waals surface area (Å²) in [5.41, 5.74) is 0. The van der Waals surface area contributed by atoms with Crippen molar-refractivity contribution in [2.45, 2.75) is 50.4 Å². The predicted octanol–water partition coefficient (Wildman–Crippen LogP) is 2.62. The molecule has 0 bridgehead atoms.